The van der Waals surface area contributed by atoms with Gasteiger partial charge in [0.05, 0.1) is 6.61 Å². The van der Waals surface area contributed by atoms with E-state index < -0.39 is 0 Å². The first kappa shape index (κ1) is 15.7. The van der Waals surface area contributed by atoms with Gasteiger partial charge in [0.1, 0.15) is 18.2 Å². The molecule has 0 bridgehead atoms. The van der Waals surface area contributed by atoms with Crippen molar-refractivity contribution in [2.75, 3.05) is 25.2 Å². The first-order valence-corrected chi connectivity index (χ1v) is 6.73. The van der Waals surface area contributed by atoms with Gasteiger partial charge >= 0.3 is 0 Å². The number of hydrazine groups is 1. The Kier molecular flexibility index (Phi) is 7.14. The highest BCUT2D eigenvalue weighted by Crippen LogP contribution is 2.17. The summed E-state index contributed by atoms with van der Waals surface area (Å²) in [5, 5.41) is 0. The summed E-state index contributed by atoms with van der Waals surface area (Å²) in [5.41, 5.74) is 2.52. The number of nitrogen functional groups attached to an aromatic ring is 1. The third kappa shape index (κ3) is 5.85. The minimum Gasteiger partial charge on any atom is -0.475 e. The van der Waals surface area contributed by atoms with Crippen molar-refractivity contribution in [2.45, 2.75) is 39.5 Å². The van der Waals surface area contributed by atoms with Crippen molar-refractivity contribution in [1.82, 2.24) is 9.97 Å². The smallest absolute Gasteiger partial charge is 0.218 e. The Morgan fingerprint density at radius 1 is 1.26 bits per heavy atom. The minimum absolute atomic E-state index is 0.219. The van der Waals surface area contributed by atoms with Crippen LogP contribution in [0.4, 0.5) is 5.82 Å². The van der Waals surface area contributed by atoms with Crippen LogP contribution in [0.15, 0.2) is 6.07 Å². The highest BCUT2D eigenvalue weighted by atomic mass is 16.5. The van der Waals surface area contributed by atoms with Crippen molar-refractivity contribution >= 4 is 5.82 Å². The molecule has 19 heavy (non-hydrogen) atoms. The summed E-state index contributed by atoms with van der Waals surface area (Å²) in [6.45, 7) is 7.99. The summed E-state index contributed by atoms with van der Waals surface area (Å²) in [7, 11) is 0. The van der Waals surface area contributed by atoms with Crippen LogP contribution in [0.25, 0.3) is 0 Å². The highest BCUT2D eigenvalue weighted by molar-refractivity contribution is 5.37. The van der Waals surface area contributed by atoms with Crippen molar-refractivity contribution in [2.24, 2.45) is 5.84 Å². The summed E-state index contributed by atoms with van der Waals surface area (Å²) in [6, 6.07) is 1.68. The van der Waals surface area contributed by atoms with Crippen LogP contribution >= 0.6 is 0 Å². The van der Waals surface area contributed by atoms with Gasteiger partial charge in [-0.2, -0.15) is 4.98 Å². The average Bonchev–Trinajstić information content (AvgIpc) is 2.42. The third-order valence-electron chi connectivity index (χ3n) is 2.50. The van der Waals surface area contributed by atoms with Gasteiger partial charge in [0.2, 0.25) is 5.88 Å². The maximum Gasteiger partial charge on any atom is 0.218 e. The van der Waals surface area contributed by atoms with Gasteiger partial charge in [0.25, 0.3) is 0 Å². The Labute approximate surface area is 114 Å². The number of aromatic nitrogens is 2. The van der Waals surface area contributed by atoms with Crippen LogP contribution in [-0.4, -0.2) is 29.8 Å². The lowest BCUT2D eigenvalue weighted by Gasteiger charge is -2.11. The molecule has 0 fully saturated rings. The van der Waals surface area contributed by atoms with Crippen LogP contribution in [-0.2, 0) is 4.74 Å². The number of unbranched alkanes of at least 4 members (excludes halogenated alkanes) is 1. The number of nitrogens with zero attached hydrogens (tertiary/aromatic N) is 2. The number of nitrogens with two attached hydrogens (primary N) is 1. The summed E-state index contributed by atoms with van der Waals surface area (Å²) in [6.07, 6.45) is 2.21. The van der Waals surface area contributed by atoms with Crippen LogP contribution in [0.3, 0.4) is 0 Å². The van der Waals surface area contributed by atoms with Gasteiger partial charge < -0.3 is 14.9 Å². The van der Waals surface area contributed by atoms with Crippen LogP contribution in [0.2, 0.25) is 0 Å². The van der Waals surface area contributed by atoms with E-state index in [1.807, 2.05) is 13.8 Å². The fourth-order valence-corrected chi connectivity index (χ4v) is 1.40. The van der Waals surface area contributed by atoms with E-state index in [9.17, 15) is 0 Å². The normalized spacial score (nSPS) is 10.8. The second-order valence-electron chi connectivity index (χ2n) is 4.56. The first-order chi connectivity index (χ1) is 9.17. The van der Waals surface area contributed by atoms with E-state index in [1.54, 1.807) is 6.07 Å². The van der Waals surface area contributed by atoms with E-state index in [-0.39, 0.29) is 5.92 Å². The molecule has 1 heterocycles. The first-order valence-electron chi connectivity index (χ1n) is 6.73. The molecule has 0 radical (unpaired) electrons. The molecule has 6 heteroatoms. The Bertz CT molecular complexity index is 372. The van der Waals surface area contributed by atoms with Gasteiger partial charge in [0, 0.05) is 18.6 Å². The molecule has 0 saturated heterocycles. The summed E-state index contributed by atoms with van der Waals surface area (Å²) in [4.78, 5) is 8.59. The van der Waals surface area contributed by atoms with Crippen molar-refractivity contribution in [3.8, 4) is 5.88 Å². The van der Waals surface area contributed by atoms with E-state index in [1.165, 1.54) is 0 Å². The molecule has 1 aromatic rings. The molecule has 6 nitrogen and oxygen atoms in total. The molecule has 0 aliphatic rings. The van der Waals surface area contributed by atoms with Gasteiger partial charge in [0.15, 0.2) is 0 Å². The van der Waals surface area contributed by atoms with Gasteiger partial charge in [-0.3, -0.25) is 0 Å². The minimum atomic E-state index is 0.219. The van der Waals surface area contributed by atoms with E-state index in [2.05, 4.69) is 22.3 Å². The SMILES string of the molecule is CCCCOCCOc1cc(NN)nc(C(C)C)n1. The number of anilines is 1. The van der Waals surface area contributed by atoms with Crippen molar-refractivity contribution in [3.05, 3.63) is 11.9 Å². The molecule has 0 aliphatic carbocycles. The Morgan fingerprint density at radius 2 is 2.05 bits per heavy atom. The highest BCUT2D eigenvalue weighted by Gasteiger charge is 2.08. The molecule has 0 spiro atoms. The fraction of sp³-hybridized carbons (Fsp3) is 0.692. The molecule has 1 aromatic heterocycles. The topological polar surface area (TPSA) is 82.3 Å². The Morgan fingerprint density at radius 3 is 2.68 bits per heavy atom. The van der Waals surface area contributed by atoms with Crippen LogP contribution in [0.5, 0.6) is 5.88 Å². The van der Waals surface area contributed by atoms with E-state index in [4.69, 9.17) is 15.3 Å². The zero-order valence-corrected chi connectivity index (χ0v) is 12.0. The van der Waals surface area contributed by atoms with Crippen molar-refractivity contribution in [3.63, 3.8) is 0 Å². The Balaban J connectivity index is 2.46. The molecule has 0 atom stereocenters. The number of nitrogens with one attached hydrogen (secondary N) is 1. The summed E-state index contributed by atoms with van der Waals surface area (Å²) < 4.78 is 11.0. The molecule has 0 aromatic carbocycles. The number of hydrogen-bond donors (Lipinski definition) is 2. The second kappa shape index (κ2) is 8.66. The molecular formula is C13H24N4O2. The predicted octanol–water partition coefficient (Wildman–Crippen LogP) is 2.08. The zero-order chi connectivity index (χ0) is 14.1. The third-order valence-corrected chi connectivity index (χ3v) is 2.50. The fourth-order valence-electron chi connectivity index (χ4n) is 1.40. The number of ether oxygens (including phenoxy) is 2. The van der Waals surface area contributed by atoms with Crippen LogP contribution < -0.4 is 16.0 Å². The quantitative estimate of drug-likeness (QED) is 0.405. The van der Waals surface area contributed by atoms with Crippen molar-refractivity contribution in [1.29, 1.82) is 0 Å². The Hall–Kier alpha value is -1.40. The molecule has 108 valence electrons. The number of hydrogen-bond acceptors (Lipinski definition) is 6. The summed E-state index contributed by atoms with van der Waals surface area (Å²) in [5.74, 6) is 7.38. The maximum atomic E-state index is 5.55. The van der Waals surface area contributed by atoms with Gasteiger partial charge in [-0.1, -0.05) is 27.2 Å². The van der Waals surface area contributed by atoms with E-state index >= 15 is 0 Å². The monoisotopic (exact) mass is 268 g/mol. The molecule has 0 unspecified atom stereocenters. The molecule has 0 saturated carbocycles. The zero-order valence-electron chi connectivity index (χ0n) is 12.0. The number of rotatable bonds is 9. The lowest BCUT2D eigenvalue weighted by Crippen LogP contribution is -2.13. The van der Waals surface area contributed by atoms with E-state index in [0.717, 1.165) is 19.4 Å². The van der Waals surface area contributed by atoms with Crippen molar-refractivity contribution < 1.29 is 9.47 Å². The average molecular weight is 268 g/mol. The maximum absolute atomic E-state index is 5.55. The van der Waals surface area contributed by atoms with Gasteiger partial charge in [-0.05, 0) is 6.42 Å². The largest absolute Gasteiger partial charge is 0.475 e. The molecule has 0 aliphatic heterocycles. The molecule has 3 N–H and O–H groups in total. The predicted molar refractivity (Wildman–Crippen MR) is 75.2 cm³/mol. The standard InChI is InChI=1S/C13H24N4O2/c1-4-5-6-18-7-8-19-12-9-11(17-14)15-13(16-12)10(2)3/h9-10H,4-8,14H2,1-3H3,(H,15,16,17). The van der Waals surface area contributed by atoms with Gasteiger partial charge in [-0.25, -0.2) is 10.8 Å². The molecular weight excluding hydrogens is 244 g/mol. The second-order valence-corrected chi connectivity index (χ2v) is 4.56. The lowest BCUT2D eigenvalue weighted by molar-refractivity contribution is 0.0964. The lowest BCUT2D eigenvalue weighted by atomic mass is 10.2. The van der Waals surface area contributed by atoms with Gasteiger partial charge in [-0.15, -0.1) is 0 Å². The molecule has 1 rings (SSSR count). The van der Waals surface area contributed by atoms with E-state index in [0.29, 0.717) is 30.7 Å². The van der Waals surface area contributed by atoms with Crippen LogP contribution in [0.1, 0.15) is 45.4 Å². The van der Waals surface area contributed by atoms with Crippen LogP contribution in [0, 0.1) is 0 Å². The molecule has 0 amide bonds. The summed E-state index contributed by atoms with van der Waals surface area (Å²) >= 11 is 0.